The van der Waals surface area contributed by atoms with E-state index in [1.165, 1.54) is 0 Å². The normalized spacial score (nSPS) is 10.7. The van der Waals surface area contributed by atoms with Crippen molar-refractivity contribution in [2.45, 2.75) is 34.2 Å². The van der Waals surface area contributed by atoms with Gasteiger partial charge in [0, 0.05) is 18.7 Å². The van der Waals surface area contributed by atoms with E-state index in [-0.39, 0.29) is 5.69 Å². The maximum atomic E-state index is 12.2. The largest absolute Gasteiger partial charge is 0.352 e. The third-order valence-corrected chi connectivity index (χ3v) is 3.30. The highest BCUT2D eigenvalue weighted by molar-refractivity contribution is 5.65. The molecule has 1 aromatic heterocycles. The van der Waals surface area contributed by atoms with E-state index in [4.69, 9.17) is 0 Å². The van der Waals surface area contributed by atoms with E-state index >= 15 is 0 Å². The molecule has 0 atom stereocenters. The van der Waals surface area contributed by atoms with Gasteiger partial charge in [-0.25, -0.2) is 10.2 Å². The van der Waals surface area contributed by atoms with Crippen molar-refractivity contribution in [2.75, 3.05) is 12.0 Å². The fraction of sp³-hybridized carbons (Fsp3) is 0.400. The fourth-order valence-corrected chi connectivity index (χ4v) is 2.29. The molecule has 112 valence electrons. The van der Waals surface area contributed by atoms with Gasteiger partial charge in [0.05, 0.1) is 0 Å². The standard InChI is InChI=1S/C15H21N5O/c1-5-16-19-14-17-13(20(6-2)15(21)18-14)12-10(3)8-7-9-11(12)4/h7-9,16H,5-6H2,1-4H3,(H,18,19,21). The van der Waals surface area contributed by atoms with Gasteiger partial charge in [0.25, 0.3) is 0 Å². The number of aryl methyl sites for hydroxylation is 2. The monoisotopic (exact) mass is 287 g/mol. The Hall–Kier alpha value is -2.21. The Morgan fingerprint density at radius 3 is 2.38 bits per heavy atom. The second kappa shape index (κ2) is 6.49. The van der Waals surface area contributed by atoms with Crippen LogP contribution in [-0.4, -0.2) is 21.1 Å². The lowest BCUT2D eigenvalue weighted by Crippen LogP contribution is -2.30. The second-order valence-corrected chi connectivity index (χ2v) is 4.82. The highest BCUT2D eigenvalue weighted by Crippen LogP contribution is 2.25. The van der Waals surface area contributed by atoms with Crippen molar-refractivity contribution in [1.82, 2.24) is 20.0 Å². The molecule has 0 aliphatic carbocycles. The van der Waals surface area contributed by atoms with Crippen LogP contribution in [0.15, 0.2) is 23.0 Å². The van der Waals surface area contributed by atoms with E-state index in [1.807, 2.05) is 45.9 Å². The number of benzene rings is 1. The molecular weight excluding hydrogens is 266 g/mol. The third-order valence-electron chi connectivity index (χ3n) is 3.30. The van der Waals surface area contributed by atoms with E-state index in [1.54, 1.807) is 4.57 Å². The smallest absolute Gasteiger partial charge is 0.289 e. The lowest BCUT2D eigenvalue weighted by Gasteiger charge is -2.15. The molecule has 1 heterocycles. The molecule has 2 rings (SSSR count). The second-order valence-electron chi connectivity index (χ2n) is 4.82. The number of rotatable bonds is 5. The maximum absolute atomic E-state index is 12.2. The molecule has 0 amide bonds. The Balaban J connectivity index is 2.65. The number of hydrogen-bond donors (Lipinski definition) is 2. The van der Waals surface area contributed by atoms with Gasteiger partial charge >= 0.3 is 5.69 Å². The zero-order valence-electron chi connectivity index (χ0n) is 12.9. The van der Waals surface area contributed by atoms with Gasteiger partial charge in [-0.1, -0.05) is 25.1 Å². The molecule has 0 bridgehead atoms. The minimum atomic E-state index is -0.300. The van der Waals surface area contributed by atoms with Crippen molar-refractivity contribution >= 4 is 5.95 Å². The summed E-state index contributed by atoms with van der Waals surface area (Å²) >= 11 is 0. The van der Waals surface area contributed by atoms with Crippen LogP contribution < -0.4 is 16.5 Å². The van der Waals surface area contributed by atoms with Gasteiger partial charge in [-0.2, -0.15) is 9.97 Å². The van der Waals surface area contributed by atoms with Crippen LogP contribution in [0, 0.1) is 13.8 Å². The van der Waals surface area contributed by atoms with E-state index in [0.29, 0.717) is 24.9 Å². The number of anilines is 1. The van der Waals surface area contributed by atoms with Crippen molar-refractivity contribution in [2.24, 2.45) is 0 Å². The van der Waals surface area contributed by atoms with Crippen LogP contribution in [-0.2, 0) is 6.54 Å². The molecule has 0 saturated carbocycles. The minimum Gasteiger partial charge on any atom is -0.289 e. The van der Waals surface area contributed by atoms with Crippen LogP contribution in [0.3, 0.4) is 0 Å². The summed E-state index contributed by atoms with van der Waals surface area (Å²) in [6.45, 7) is 9.15. The summed E-state index contributed by atoms with van der Waals surface area (Å²) in [6.07, 6.45) is 0. The molecule has 0 aliphatic rings. The molecule has 0 spiro atoms. The Kier molecular flexibility index (Phi) is 4.70. The predicted octanol–water partition coefficient (Wildman–Crippen LogP) is 1.88. The molecule has 0 fully saturated rings. The minimum absolute atomic E-state index is 0.296. The Morgan fingerprint density at radius 2 is 1.81 bits per heavy atom. The Morgan fingerprint density at radius 1 is 1.14 bits per heavy atom. The summed E-state index contributed by atoms with van der Waals surface area (Å²) in [5.74, 6) is 0.942. The zero-order chi connectivity index (χ0) is 15.4. The van der Waals surface area contributed by atoms with Crippen molar-refractivity contribution < 1.29 is 0 Å². The average Bonchev–Trinajstić information content (AvgIpc) is 2.44. The topological polar surface area (TPSA) is 71.8 Å². The van der Waals surface area contributed by atoms with E-state index in [0.717, 1.165) is 16.7 Å². The number of hydrogen-bond acceptors (Lipinski definition) is 5. The SMILES string of the molecule is CCNNc1nc(-c2c(C)cccc2C)n(CC)c(=O)n1. The van der Waals surface area contributed by atoms with E-state index < -0.39 is 0 Å². The van der Waals surface area contributed by atoms with Gasteiger partial charge in [0.2, 0.25) is 5.95 Å². The van der Waals surface area contributed by atoms with E-state index in [2.05, 4.69) is 20.8 Å². The predicted molar refractivity (Wildman–Crippen MR) is 84.2 cm³/mol. The lowest BCUT2D eigenvalue weighted by molar-refractivity contribution is 0.680. The summed E-state index contributed by atoms with van der Waals surface area (Å²) in [5.41, 5.74) is 8.62. The summed E-state index contributed by atoms with van der Waals surface area (Å²) in [6, 6.07) is 6.04. The average molecular weight is 287 g/mol. The van der Waals surface area contributed by atoms with Crippen molar-refractivity contribution in [3.05, 3.63) is 39.8 Å². The molecule has 1 aromatic carbocycles. The van der Waals surface area contributed by atoms with Gasteiger partial charge in [0.15, 0.2) is 0 Å². The zero-order valence-corrected chi connectivity index (χ0v) is 12.9. The Labute approximate surface area is 124 Å². The van der Waals surface area contributed by atoms with Crippen molar-refractivity contribution in [3.8, 4) is 11.4 Å². The van der Waals surface area contributed by atoms with Gasteiger partial charge in [-0.15, -0.1) is 0 Å². The first-order valence-electron chi connectivity index (χ1n) is 7.12. The molecule has 0 unspecified atom stereocenters. The first-order valence-corrected chi connectivity index (χ1v) is 7.12. The number of aromatic nitrogens is 3. The molecule has 2 N–H and O–H groups in total. The highest BCUT2D eigenvalue weighted by atomic mass is 16.1. The van der Waals surface area contributed by atoms with Gasteiger partial charge in [-0.05, 0) is 31.9 Å². The molecule has 6 heteroatoms. The first-order chi connectivity index (χ1) is 10.1. The summed E-state index contributed by atoms with van der Waals surface area (Å²) in [4.78, 5) is 20.7. The third kappa shape index (κ3) is 3.11. The van der Waals surface area contributed by atoms with Crippen molar-refractivity contribution in [3.63, 3.8) is 0 Å². The van der Waals surface area contributed by atoms with E-state index in [9.17, 15) is 4.79 Å². The molecule has 21 heavy (non-hydrogen) atoms. The van der Waals surface area contributed by atoms with Crippen LogP contribution in [0.5, 0.6) is 0 Å². The molecule has 6 nitrogen and oxygen atoms in total. The fourth-order valence-electron chi connectivity index (χ4n) is 2.29. The number of nitrogens with zero attached hydrogens (tertiary/aromatic N) is 3. The van der Waals surface area contributed by atoms with Gasteiger partial charge in [0.1, 0.15) is 5.82 Å². The number of nitrogens with one attached hydrogen (secondary N) is 2. The van der Waals surface area contributed by atoms with Gasteiger partial charge < -0.3 is 0 Å². The molecule has 2 aromatic rings. The summed E-state index contributed by atoms with van der Waals surface area (Å²) in [5, 5.41) is 0. The Bertz CT molecular complexity index is 673. The quantitative estimate of drug-likeness (QED) is 0.822. The molecule has 0 aliphatic heterocycles. The lowest BCUT2D eigenvalue weighted by atomic mass is 10.0. The summed E-state index contributed by atoms with van der Waals surface area (Å²) < 4.78 is 1.59. The number of hydrazine groups is 1. The molecule has 0 radical (unpaired) electrons. The van der Waals surface area contributed by atoms with Gasteiger partial charge in [-0.3, -0.25) is 9.99 Å². The highest BCUT2D eigenvalue weighted by Gasteiger charge is 2.14. The van der Waals surface area contributed by atoms with Crippen LogP contribution in [0.4, 0.5) is 5.95 Å². The summed E-state index contributed by atoms with van der Waals surface area (Å²) in [7, 11) is 0. The first kappa shape index (κ1) is 15.2. The molecule has 0 saturated heterocycles. The van der Waals surface area contributed by atoms with Crippen LogP contribution in [0.1, 0.15) is 25.0 Å². The van der Waals surface area contributed by atoms with Crippen molar-refractivity contribution in [1.29, 1.82) is 0 Å². The molecular formula is C15H21N5O. The van der Waals surface area contributed by atoms with Crippen LogP contribution >= 0.6 is 0 Å². The van der Waals surface area contributed by atoms with Crippen LogP contribution in [0.25, 0.3) is 11.4 Å². The van der Waals surface area contributed by atoms with Crippen LogP contribution in [0.2, 0.25) is 0 Å². The maximum Gasteiger partial charge on any atom is 0.352 e.